The van der Waals surface area contributed by atoms with Crippen LogP contribution in [0.1, 0.15) is 37.0 Å². The molecule has 0 radical (unpaired) electrons. The van der Waals surface area contributed by atoms with Crippen molar-refractivity contribution in [3.8, 4) is 0 Å². The molecule has 1 heterocycles. The van der Waals surface area contributed by atoms with Gasteiger partial charge in [0.05, 0.1) is 11.3 Å². The molecule has 0 aliphatic carbocycles. The van der Waals surface area contributed by atoms with E-state index in [2.05, 4.69) is 11.9 Å². The number of nitrogens with one attached hydrogen (secondary N) is 1. The number of halogens is 3. The molecule has 1 aliphatic rings. The topological polar surface area (TPSA) is 12.0 Å². The summed E-state index contributed by atoms with van der Waals surface area (Å²) in [5.41, 5.74) is 1.92. The summed E-state index contributed by atoms with van der Waals surface area (Å²) in [5, 5.41) is 2.76. The van der Waals surface area contributed by atoms with Crippen molar-refractivity contribution in [3.05, 3.63) is 83.1 Å². The fraction of sp³-hybridized carbons (Fsp3) is 0.238. The van der Waals surface area contributed by atoms with Crippen LogP contribution in [0, 0.1) is 18.6 Å². The molecule has 1 nitrogen and oxygen atoms in total. The van der Waals surface area contributed by atoms with Crippen LogP contribution in [0.3, 0.4) is 0 Å². The average molecular weight is 345 g/mol. The summed E-state index contributed by atoms with van der Waals surface area (Å²) in [6.07, 6.45) is -1.27. The molecule has 0 saturated heterocycles. The highest BCUT2D eigenvalue weighted by atomic mass is 19.1. The Kier molecular flexibility index (Phi) is 6.07. The van der Waals surface area contributed by atoms with Crippen LogP contribution in [-0.4, -0.2) is 6.17 Å². The molecule has 0 amide bonds. The van der Waals surface area contributed by atoms with Crippen molar-refractivity contribution in [1.82, 2.24) is 5.32 Å². The number of benzene rings is 2. The van der Waals surface area contributed by atoms with Crippen LogP contribution in [0.4, 0.5) is 13.2 Å². The lowest BCUT2D eigenvalue weighted by molar-refractivity contribution is 0.374. The van der Waals surface area contributed by atoms with Crippen LogP contribution in [0.2, 0.25) is 0 Å². The first kappa shape index (κ1) is 18.8. The lowest BCUT2D eigenvalue weighted by Gasteiger charge is -2.27. The quantitative estimate of drug-likeness (QED) is 0.702. The summed E-state index contributed by atoms with van der Waals surface area (Å²) < 4.78 is 42.8. The smallest absolute Gasteiger partial charge is 0.143 e. The molecule has 25 heavy (non-hydrogen) atoms. The standard InChI is InChI=1S/C19H16F3N.C2H6/c1-11-8-16(21)18(17(22)9-11)19-14(10-15(20)12(2)23-19)13-6-4-3-5-7-13;1-2/h3-9,15,23H,2,10H2,1H3;1-2H3. The molecule has 1 N–H and O–H groups in total. The fourth-order valence-electron chi connectivity index (χ4n) is 2.77. The molecule has 0 fully saturated rings. The van der Waals surface area contributed by atoms with Crippen LogP contribution in [-0.2, 0) is 0 Å². The second kappa shape index (κ2) is 8.06. The first-order valence-corrected chi connectivity index (χ1v) is 8.32. The molecule has 1 unspecified atom stereocenters. The highest BCUT2D eigenvalue weighted by Crippen LogP contribution is 2.37. The Morgan fingerprint density at radius 2 is 1.60 bits per heavy atom. The molecule has 0 saturated carbocycles. The van der Waals surface area contributed by atoms with Crippen molar-refractivity contribution in [2.24, 2.45) is 0 Å². The van der Waals surface area contributed by atoms with E-state index in [1.165, 1.54) is 12.1 Å². The van der Waals surface area contributed by atoms with Crippen LogP contribution in [0.25, 0.3) is 11.3 Å². The first-order valence-electron chi connectivity index (χ1n) is 8.32. The number of aryl methyl sites for hydroxylation is 1. The molecule has 2 aromatic rings. The third-order valence-corrected chi connectivity index (χ3v) is 3.91. The maximum Gasteiger partial charge on any atom is 0.143 e. The van der Waals surface area contributed by atoms with Gasteiger partial charge in [-0.1, -0.05) is 50.8 Å². The number of rotatable bonds is 2. The van der Waals surface area contributed by atoms with Gasteiger partial charge in [-0.15, -0.1) is 0 Å². The molecule has 132 valence electrons. The van der Waals surface area contributed by atoms with Gasteiger partial charge in [0.15, 0.2) is 0 Å². The number of alkyl halides is 1. The monoisotopic (exact) mass is 345 g/mol. The maximum atomic E-state index is 14.4. The molecular weight excluding hydrogens is 323 g/mol. The van der Waals surface area contributed by atoms with Gasteiger partial charge in [0.25, 0.3) is 0 Å². The van der Waals surface area contributed by atoms with Gasteiger partial charge in [-0.05, 0) is 35.8 Å². The third-order valence-electron chi connectivity index (χ3n) is 3.91. The summed E-state index contributed by atoms with van der Waals surface area (Å²) in [4.78, 5) is 0. The van der Waals surface area contributed by atoms with Crippen LogP contribution < -0.4 is 5.32 Å². The van der Waals surface area contributed by atoms with Crippen molar-refractivity contribution in [2.75, 3.05) is 0 Å². The van der Waals surface area contributed by atoms with Gasteiger partial charge in [0.1, 0.15) is 17.8 Å². The van der Waals surface area contributed by atoms with Gasteiger partial charge < -0.3 is 5.32 Å². The molecule has 1 aliphatic heterocycles. The summed E-state index contributed by atoms with van der Waals surface area (Å²) in [6, 6.07) is 11.6. The zero-order chi connectivity index (χ0) is 18.6. The molecule has 1 atom stereocenters. The number of hydrogen-bond acceptors (Lipinski definition) is 1. The molecular formula is C21H22F3N. The summed E-state index contributed by atoms with van der Waals surface area (Å²) in [6.45, 7) is 9.23. The lowest BCUT2D eigenvalue weighted by atomic mass is 9.90. The van der Waals surface area contributed by atoms with Gasteiger partial charge in [-0.3, -0.25) is 0 Å². The zero-order valence-electron chi connectivity index (χ0n) is 14.7. The van der Waals surface area contributed by atoms with Gasteiger partial charge in [-0.25, -0.2) is 13.2 Å². The van der Waals surface area contributed by atoms with Crippen molar-refractivity contribution in [1.29, 1.82) is 0 Å². The van der Waals surface area contributed by atoms with Crippen LogP contribution in [0.15, 0.2) is 54.7 Å². The molecule has 0 aromatic heterocycles. The van der Waals surface area contributed by atoms with E-state index < -0.39 is 17.8 Å². The first-order chi connectivity index (χ1) is 12.0. The van der Waals surface area contributed by atoms with E-state index in [-0.39, 0.29) is 23.4 Å². The Bertz CT molecular complexity index is 771. The van der Waals surface area contributed by atoms with E-state index in [1.807, 2.05) is 19.9 Å². The summed E-state index contributed by atoms with van der Waals surface area (Å²) in [7, 11) is 0. The molecule has 2 aromatic carbocycles. The van der Waals surface area contributed by atoms with Gasteiger partial charge >= 0.3 is 0 Å². The second-order valence-corrected chi connectivity index (χ2v) is 5.65. The van der Waals surface area contributed by atoms with E-state index in [0.717, 1.165) is 5.56 Å². The van der Waals surface area contributed by atoms with Crippen molar-refractivity contribution in [3.63, 3.8) is 0 Å². The fourth-order valence-corrected chi connectivity index (χ4v) is 2.77. The summed E-state index contributed by atoms with van der Waals surface area (Å²) >= 11 is 0. The SMILES string of the molecule is C=C1NC(c2c(F)cc(C)cc2F)=C(c2ccccc2)CC1F.CC. The predicted molar refractivity (Wildman–Crippen MR) is 97.5 cm³/mol. The Morgan fingerprint density at radius 1 is 1.04 bits per heavy atom. The molecule has 0 bridgehead atoms. The van der Waals surface area contributed by atoms with E-state index >= 15 is 0 Å². The minimum atomic E-state index is -1.30. The van der Waals surface area contributed by atoms with Gasteiger partial charge in [0.2, 0.25) is 0 Å². The highest BCUT2D eigenvalue weighted by Gasteiger charge is 2.28. The number of allylic oxidation sites excluding steroid dienone is 2. The normalized spacial score (nSPS) is 16.9. The predicted octanol–water partition coefficient (Wildman–Crippen LogP) is 6.01. The Hall–Kier alpha value is -2.49. The maximum absolute atomic E-state index is 14.4. The third kappa shape index (κ3) is 3.95. The Labute approximate surface area is 146 Å². The van der Waals surface area contributed by atoms with Crippen LogP contribution >= 0.6 is 0 Å². The molecule has 3 rings (SSSR count). The minimum absolute atomic E-state index is 0.0257. The molecule has 0 spiro atoms. The summed E-state index contributed by atoms with van der Waals surface area (Å²) in [5.74, 6) is -1.35. The zero-order valence-corrected chi connectivity index (χ0v) is 14.7. The average Bonchev–Trinajstić information content (AvgIpc) is 2.59. The van der Waals surface area contributed by atoms with Crippen molar-refractivity contribution >= 4 is 11.3 Å². The van der Waals surface area contributed by atoms with E-state index in [4.69, 9.17) is 0 Å². The lowest BCUT2D eigenvalue weighted by Crippen LogP contribution is -2.27. The largest absolute Gasteiger partial charge is 0.356 e. The van der Waals surface area contributed by atoms with E-state index in [9.17, 15) is 13.2 Å². The Balaban J connectivity index is 0.00000109. The number of hydrogen-bond donors (Lipinski definition) is 1. The van der Waals surface area contributed by atoms with E-state index in [1.54, 1.807) is 31.2 Å². The highest BCUT2D eigenvalue weighted by molar-refractivity contribution is 5.92. The van der Waals surface area contributed by atoms with Crippen LogP contribution in [0.5, 0.6) is 0 Å². The van der Waals surface area contributed by atoms with Gasteiger partial charge in [0, 0.05) is 12.1 Å². The van der Waals surface area contributed by atoms with Crippen molar-refractivity contribution in [2.45, 2.75) is 33.4 Å². The van der Waals surface area contributed by atoms with E-state index in [0.29, 0.717) is 11.1 Å². The second-order valence-electron chi connectivity index (χ2n) is 5.65. The minimum Gasteiger partial charge on any atom is -0.356 e. The van der Waals surface area contributed by atoms with Crippen molar-refractivity contribution < 1.29 is 13.2 Å². The van der Waals surface area contributed by atoms with Gasteiger partial charge in [-0.2, -0.15) is 0 Å². The Morgan fingerprint density at radius 3 is 2.16 bits per heavy atom. The molecule has 4 heteroatoms.